The number of carbonyl (C=O) groups is 4. The Balaban J connectivity index is 5.13. The largest absolute Gasteiger partial charge is 0.343 e. The van der Waals surface area contributed by atoms with E-state index in [1.807, 2.05) is 9.80 Å². The van der Waals surface area contributed by atoms with Gasteiger partial charge in [-0.3, -0.25) is 19.2 Å². The van der Waals surface area contributed by atoms with Crippen LogP contribution in [0.4, 0.5) is 0 Å². The fraction of sp³-hybridized carbons (Fsp3) is 0.862. The van der Waals surface area contributed by atoms with Gasteiger partial charge in [-0.05, 0) is 129 Å². The molecule has 0 aromatic rings. The van der Waals surface area contributed by atoms with Crippen molar-refractivity contribution in [2.75, 3.05) is 39.3 Å². The van der Waals surface area contributed by atoms with Gasteiger partial charge < -0.3 is 32.7 Å². The van der Waals surface area contributed by atoms with Crippen molar-refractivity contribution in [3.05, 3.63) is 24.3 Å². The van der Waals surface area contributed by atoms with Crippen molar-refractivity contribution in [2.45, 2.75) is 283 Å². The summed E-state index contributed by atoms with van der Waals surface area (Å²) in [5.41, 5.74) is 23.7. The third kappa shape index (κ3) is 42.5. The smallest absolute Gasteiger partial charge is 0.222 e. The summed E-state index contributed by atoms with van der Waals surface area (Å²) in [7, 11) is 0. The van der Waals surface area contributed by atoms with Crippen molar-refractivity contribution in [1.29, 1.82) is 0 Å². The first-order valence-electron chi connectivity index (χ1n) is 29.0. The maximum Gasteiger partial charge on any atom is 0.222 e. The monoisotopic (exact) mass is 957 g/mol. The number of nitrogens with two attached hydrogens (primary N) is 4. The first kappa shape index (κ1) is 65.6. The van der Waals surface area contributed by atoms with Gasteiger partial charge >= 0.3 is 0 Å². The number of hydrogen-bond acceptors (Lipinski definition) is 8. The van der Waals surface area contributed by atoms with Gasteiger partial charge in [-0.25, -0.2) is 0 Å². The van der Waals surface area contributed by atoms with Gasteiger partial charge in [0.25, 0.3) is 0 Å². The highest BCUT2D eigenvalue weighted by Crippen LogP contribution is 2.15. The third-order valence-corrected chi connectivity index (χ3v) is 13.6. The van der Waals surface area contributed by atoms with E-state index in [-0.39, 0.29) is 23.4 Å². The molecule has 0 radical (unpaired) electrons. The summed E-state index contributed by atoms with van der Waals surface area (Å²) in [6.07, 6.45) is 50.4. The van der Waals surface area contributed by atoms with Gasteiger partial charge in [0.05, 0.1) is 12.1 Å². The number of rotatable bonds is 53. The van der Waals surface area contributed by atoms with Gasteiger partial charge in [0.2, 0.25) is 11.8 Å². The van der Waals surface area contributed by atoms with Crippen molar-refractivity contribution >= 4 is 23.4 Å². The zero-order valence-electron chi connectivity index (χ0n) is 44.8. The van der Waals surface area contributed by atoms with E-state index >= 15 is 0 Å². The van der Waals surface area contributed by atoms with Crippen molar-refractivity contribution in [3.63, 3.8) is 0 Å². The molecule has 0 saturated carbocycles. The zero-order chi connectivity index (χ0) is 50.0. The van der Waals surface area contributed by atoms with Gasteiger partial charge in [0.1, 0.15) is 11.6 Å². The molecule has 0 bridgehead atoms. The first-order chi connectivity index (χ1) is 33.2. The predicted octanol–water partition coefficient (Wildman–Crippen LogP) is 13.1. The van der Waals surface area contributed by atoms with E-state index in [1.54, 1.807) is 0 Å². The summed E-state index contributed by atoms with van der Waals surface area (Å²) in [5.74, 6) is 0.413. The molecule has 10 nitrogen and oxygen atoms in total. The van der Waals surface area contributed by atoms with Gasteiger partial charge in [0, 0.05) is 51.9 Å². The Hall–Kier alpha value is -2.40. The summed E-state index contributed by atoms with van der Waals surface area (Å²) in [5, 5.41) is 0. The fourth-order valence-electron chi connectivity index (χ4n) is 8.94. The van der Waals surface area contributed by atoms with E-state index in [2.05, 4.69) is 38.2 Å². The van der Waals surface area contributed by atoms with Crippen LogP contribution in [-0.4, -0.2) is 84.5 Å². The SMILES string of the molecule is CCCCCCCCC/C=C\CCCCCCC(=O)N(CCCCN(CCCC(=O)[C@@H](N)CCCCN)C(=O)CCCCCC/C=C\CCCCCCCCC)CCCC(=O)[C@@H](N)CCCCN. The molecular formula is C58H112N6O4. The molecular weight excluding hydrogens is 845 g/mol. The summed E-state index contributed by atoms with van der Waals surface area (Å²) in [4.78, 5) is 56.8. The highest BCUT2D eigenvalue weighted by molar-refractivity contribution is 5.84. The molecule has 0 rings (SSSR count). The van der Waals surface area contributed by atoms with Gasteiger partial charge in [-0.2, -0.15) is 0 Å². The molecule has 0 aromatic heterocycles. The lowest BCUT2D eigenvalue weighted by atomic mass is 10.0. The Morgan fingerprint density at radius 1 is 0.353 bits per heavy atom. The highest BCUT2D eigenvalue weighted by Gasteiger charge is 2.19. The van der Waals surface area contributed by atoms with E-state index < -0.39 is 12.1 Å². The predicted molar refractivity (Wildman–Crippen MR) is 292 cm³/mol. The summed E-state index contributed by atoms with van der Waals surface area (Å²) in [6, 6.07) is -0.948. The summed E-state index contributed by atoms with van der Waals surface area (Å²) < 4.78 is 0. The van der Waals surface area contributed by atoms with Crippen molar-refractivity contribution in [2.24, 2.45) is 22.9 Å². The maximum absolute atomic E-state index is 13.6. The van der Waals surface area contributed by atoms with Gasteiger partial charge in [-0.15, -0.1) is 0 Å². The molecule has 10 heteroatoms. The molecule has 2 amide bonds. The van der Waals surface area contributed by atoms with E-state index in [0.29, 0.717) is 90.6 Å². The minimum absolute atomic E-state index is 0.0564. The molecule has 398 valence electrons. The highest BCUT2D eigenvalue weighted by atomic mass is 16.2. The lowest BCUT2D eigenvalue weighted by Gasteiger charge is -2.26. The number of ketones is 2. The molecule has 0 aliphatic heterocycles. The Labute approximate surface area is 420 Å². The second-order valence-electron chi connectivity index (χ2n) is 20.1. The Morgan fingerprint density at radius 2 is 0.647 bits per heavy atom. The molecule has 68 heavy (non-hydrogen) atoms. The zero-order valence-corrected chi connectivity index (χ0v) is 44.8. The van der Waals surface area contributed by atoms with Crippen LogP contribution in [0.3, 0.4) is 0 Å². The number of nitrogens with zero attached hydrogens (tertiary/aromatic N) is 2. The lowest BCUT2D eigenvalue weighted by Crippen LogP contribution is -2.36. The molecule has 0 unspecified atom stereocenters. The maximum atomic E-state index is 13.6. The van der Waals surface area contributed by atoms with Crippen LogP contribution in [0.2, 0.25) is 0 Å². The molecule has 0 aliphatic carbocycles. The molecule has 8 N–H and O–H groups in total. The van der Waals surface area contributed by atoms with E-state index in [0.717, 1.165) is 103 Å². The number of amides is 2. The number of Topliss-reactive ketones (excluding diaryl/α,β-unsaturated/α-hetero) is 2. The minimum atomic E-state index is -0.474. The number of hydrogen-bond donors (Lipinski definition) is 4. The van der Waals surface area contributed by atoms with Crippen LogP contribution in [0, 0.1) is 0 Å². The van der Waals surface area contributed by atoms with Crippen LogP contribution in [0.5, 0.6) is 0 Å². The van der Waals surface area contributed by atoms with E-state index in [4.69, 9.17) is 22.9 Å². The van der Waals surface area contributed by atoms with Crippen LogP contribution in [0.25, 0.3) is 0 Å². The Kier molecular flexibility index (Phi) is 49.2. The van der Waals surface area contributed by atoms with E-state index in [9.17, 15) is 19.2 Å². The quantitative estimate of drug-likeness (QED) is 0.0344. The Bertz CT molecular complexity index is 1140. The lowest BCUT2D eigenvalue weighted by molar-refractivity contribution is -0.133. The van der Waals surface area contributed by atoms with Crippen molar-refractivity contribution in [3.8, 4) is 0 Å². The number of carbonyl (C=O) groups excluding carboxylic acids is 4. The molecule has 2 atom stereocenters. The van der Waals surface area contributed by atoms with Crippen LogP contribution in [-0.2, 0) is 19.2 Å². The summed E-state index contributed by atoms with van der Waals surface area (Å²) >= 11 is 0. The third-order valence-electron chi connectivity index (χ3n) is 13.6. The summed E-state index contributed by atoms with van der Waals surface area (Å²) in [6.45, 7) is 8.01. The van der Waals surface area contributed by atoms with Crippen LogP contribution < -0.4 is 22.9 Å². The average Bonchev–Trinajstić information content (AvgIpc) is 3.33. The molecule has 0 fully saturated rings. The number of unbranched alkanes of at least 4 members (excludes halogenated alkanes) is 25. The first-order valence-corrected chi connectivity index (χ1v) is 29.0. The molecule has 0 heterocycles. The second kappa shape index (κ2) is 51.0. The standard InChI is InChI=1S/C58H112N6O4/c1-3-5-7-9-11-13-15-17-19-21-23-25-27-29-31-45-57(67)63(51-39-43-55(65)53(61)41-33-35-47-59)49-37-38-50-64(52-40-44-56(66)54(62)42-34-36-48-60)58(68)46-32-30-28-26-24-22-20-18-16-14-12-10-8-6-4-2/h19-22,53-54H,3-18,23-52,59-62H2,1-2H3/b21-19-,22-20-/t53-,54-/m0/s1. The topological polar surface area (TPSA) is 179 Å². The van der Waals surface area contributed by atoms with Crippen molar-refractivity contribution in [1.82, 2.24) is 9.80 Å². The normalized spacial score (nSPS) is 12.6. The number of allylic oxidation sites excluding steroid dienone is 4. The molecule has 0 aliphatic rings. The molecule has 0 spiro atoms. The van der Waals surface area contributed by atoms with Gasteiger partial charge in [-0.1, -0.05) is 154 Å². The van der Waals surface area contributed by atoms with Crippen LogP contribution >= 0.6 is 0 Å². The van der Waals surface area contributed by atoms with Crippen LogP contribution in [0.15, 0.2) is 24.3 Å². The van der Waals surface area contributed by atoms with E-state index in [1.165, 1.54) is 103 Å². The minimum Gasteiger partial charge on any atom is -0.343 e. The second-order valence-corrected chi connectivity index (χ2v) is 20.1. The molecule has 0 saturated heterocycles. The Morgan fingerprint density at radius 3 is 0.971 bits per heavy atom. The van der Waals surface area contributed by atoms with Crippen molar-refractivity contribution < 1.29 is 19.2 Å². The fourth-order valence-corrected chi connectivity index (χ4v) is 8.94. The van der Waals surface area contributed by atoms with Crippen LogP contribution in [0.1, 0.15) is 271 Å². The molecule has 0 aromatic carbocycles. The van der Waals surface area contributed by atoms with Gasteiger partial charge in [0.15, 0.2) is 0 Å². The average molecular weight is 958 g/mol.